The van der Waals surface area contributed by atoms with E-state index in [9.17, 15) is 4.79 Å². The molecule has 1 heterocycles. The van der Waals surface area contributed by atoms with Gasteiger partial charge in [-0.05, 0) is 31.6 Å². The highest BCUT2D eigenvalue weighted by atomic mass is 32.2. The van der Waals surface area contributed by atoms with E-state index in [0.717, 1.165) is 25.1 Å². The van der Waals surface area contributed by atoms with E-state index < -0.39 is 0 Å². The molecular weight excluding hydrogens is 272 g/mol. The molecule has 1 rings (SSSR count). The molecule has 0 spiro atoms. The topological polar surface area (TPSA) is 52.6 Å². The van der Waals surface area contributed by atoms with Gasteiger partial charge >= 0.3 is 6.03 Å². The van der Waals surface area contributed by atoms with Crippen LogP contribution in [-0.2, 0) is 0 Å². The molecule has 0 radical (unpaired) electrons. The minimum atomic E-state index is 0.0522. The number of nitrogens with zero attached hydrogens (tertiary/aromatic N) is 1. The van der Waals surface area contributed by atoms with Crippen molar-refractivity contribution in [3.63, 3.8) is 0 Å². The zero-order valence-electron chi connectivity index (χ0n) is 13.3. The first-order valence-electron chi connectivity index (χ1n) is 7.72. The van der Waals surface area contributed by atoms with Crippen LogP contribution in [0.1, 0.15) is 40.5 Å². The van der Waals surface area contributed by atoms with Crippen molar-refractivity contribution in [2.24, 2.45) is 11.8 Å². The minimum absolute atomic E-state index is 0.0522. The van der Waals surface area contributed by atoms with E-state index in [0.29, 0.717) is 23.6 Å². The van der Waals surface area contributed by atoms with Crippen LogP contribution in [0, 0.1) is 11.8 Å². The summed E-state index contributed by atoms with van der Waals surface area (Å²) in [6.07, 6.45) is 1.81. The molecule has 0 aromatic rings. The van der Waals surface area contributed by atoms with Gasteiger partial charge in [-0.25, -0.2) is 4.79 Å². The number of amides is 2. The summed E-state index contributed by atoms with van der Waals surface area (Å²) in [6.45, 7) is 10.4. The first kappa shape index (κ1) is 17.6. The lowest BCUT2D eigenvalue weighted by Crippen LogP contribution is -2.52. The Labute approximate surface area is 127 Å². The maximum atomic E-state index is 12.3. The van der Waals surface area contributed by atoms with Crippen molar-refractivity contribution in [3.8, 4) is 0 Å². The SMILES string of the molecule is CC(C)C[C@H](CCO)CNC(=O)N1CCS[C@H](C)[C@@H]1C. The molecule has 118 valence electrons. The van der Waals surface area contributed by atoms with Crippen LogP contribution in [0.15, 0.2) is 0 Å². The predicted molar refractivity (Wildman–Crippen MR) is 86.1 cm³/mol. The Bertz CT molecular complexity index is 300. The third-order valence-electron chi connectivity index (χ3n) is 4.03. The Hall–Kier alpha value is -0.420. The van der Waals surface area contributed by atoms with E-state index in [1.807, 2.05) is 16.7 Å². The van der Waals surface area contributed by atoms with Crippen LogP contribution in [0.3, 0.4) is 0 Å². The Morgan fingerprint density at radius 2 is 2.15 bits per heavy atom. The molecule has 0 aliphatic carbocycles. The maximum absolute atomic E-state index is 12.3. The second-order valence-corrected chi connectivity index (χ2v) is 7.69. The number of hydrogen-bond donors (Lipinski definition) is 2. The second kappa shape index (κ2) is 8.78. The van der Waals surface area contributed by atoms with Crippen LogP contribution in [0.25, 0.3) is 0 Å². The molecule has 0 unspecified atom stereocenters. The van der Waals surface area contributed by atoms with Crippen molar-refractivity contribution in [1.82, 2.24) is 10.2 Å². The normalized spacial score (nSPS) is 24.8. The highest BCUT2D eigenvalue weighted by molar-refractivity contribution is 8.00. The number of aliphatic hydroxyl groups excluding tert-OH is 1. The number of aliphatic hydroxyl groups is 1. The van der Waals surface area contributed by atoms with E-state index in [1.54, 1.807) is 0 Å². The lowest BCUT2D eigenvalue weighted by atomic mass is 9.94. The molecule has 4 nitrogen and oxygen atoms in total. The van der Waals surface area contributed by atoms with Gasteiger partial charge in [0.1, 0.15) is 0 Å². The Balaban J connectivity index is 2.43. The van der Waals surface area contributed by atoms with Crippen LogP contribution >= 0.6 is 11.8 Å². The molecule has 0 saturated carbocycles. The summed E-state index contributed by atoms with van der Waals surface area (Å²) in [5.41, 5.74) is 0. The summed E-state index contributed by atoms with van der Waals surface area (Å²) >= 11 is 1.93. The van der Waals surface area contributed by atoms with Crippen molar-refractivity contribution in [2.75, 3.05) is 25.4 Å². The minimum Gasteiger partial charge on any atom is -0.396 e. The smallest absolute Gasteiger partial charge is 0.317 e. The molecule has 0 aromatic carbocycles. The first-order valence-corrected chi connectivity index (χ1v) is 8.77. The maximum Gasteiger partial charge on any atom is 0.317 e. The number of hydrogen-bond acceptors (Lipinski definition) is 3. The lowest BCUT2D eigenvalue weighted by Gasteiger charge is -2.37. The standard InChI is InChI=1S/C15H30N2O2S/c1-11(2)9-14(5-7-18)10-16-15(19)17-6-8-20-13(4)12(17)3/h11-14,18H,5-10H2,1-4H3,(H,16,19)/t12-,13+,14-/m0/s1. The van der Waals surface area contributed by atoms with Crippen LogP contribution < -0.4 is 5.32 Å². The quantitative estimate of drug-likeness (QED) is 0.793. The highest BCUT2D eigenvalue weighted by Gasteiger charge is 2.28. The fraction of sp³-hybridized carbons (Fsp3) is 0.933. The largest absolute Gasteiger partial charge is 0.396 e. The van der Waals surface area contributed by atoms with E-state index >= 15 is 0 Å². The van der Waals surface area contributed by atoms with Crippen molar-refractivity contribution >= 4 is 17.8 Å². The van der Waals surface area contributed by atoms with Crippen molar-refractivity contribution in [2.45, 2.75) is 51.8 Å². The summed E-state index contributed by atoms with van der Waals surface area (Å²) in [7, 11) is 0. The summed E-state index contributed by atoms with van der Waals surface area (Å²) in [6, 6.07) is 0.339. The average molecular weight is 302 g/mol. The molecule has 2 N–H and O–H groups in total. The zero-order valence-corrected chi connectivity index (χ0v) is 14.1. The van der Waals surface area contributed by atoms with Crippen LogP contribution in [0.5, 0.6) is 0 Å². The molecule has 3 atom stereocenters. The number of thioether (sulfide) groups is 1. The fourth-order valence-electron chi connectivity index (χ4n) is 2.71. The molecule has 1 fully saturated rings. The predicted octanol–water partition coefficient (Wildman–Crippen LogP) is 2.57. The van der Waals surface area contributed by atoms with Crippen LogP contribution in [-0.4, -0.2) is 52.8 Å². The summed E-state index contributed by atoms with van der Waals surface area (Å²) in [5, 5.41) is 12.7. The van der Waals surface area contributed by atoms with Gasteiger partial charge < -0.3 is 15.3 Å². The van der Waals surface area contributed by atoms with Gasteiger partial charge in [0, 0.05) is 36.7 Å². The summed E-state index contributed by atoms with van der Waals surface area (Å²) in [4.78, 5) is 14.2. The molecule has 20 heavy (non-hydrogen) atoms. The lowest BCUT2D eigenvalue weighted by molar-refractivity contribution is 0.175. The van der Waals surface area contributed by atoms with Gasteiger partial charge in [0.2, 0.25) is 0 Å². The molecule has 1 saturated heterocycles. The van der Waals surface area contributed by atoms with Gasteiger partial charge in [-0.2, -0.15) is 11.8 Å². The van der Waals surface area contributed by atoms with Gasteiger partial charge in [0.25, 0.3) is 0 Å². The fourth-order valence-corrected chi connectivity index (χ4v) is 3.80. The molecular formula is C15H30N2O2S. The number of urea groups is 1. The summed E-state index contributed by atoms with van der Waals surface area (Å²) < 4.78 is 0. The third-order valence-corrected chi connectivity index (χ3v) is 5.37. The number of rotatable bonds is 6. The Kier molecular flexibility index (Phi) is 7.74. The molecule has 0 bridgehead atoms. The monoisotopic (exact) mass is 302 g/mol. The van der Waals surface area contributed by atoms with Crippen molar-refractivity contribution in [1.29, 1.82) is 0 Å². The molecule has 1 aliphatic heterocycles. The van der Waals surface area contributed by atoms with Crippen molar-refractivity contribution < 1.29 is 9.90 Å². The molecule has 0 aromatic heterocycles. The number of carbonyl (C=O) groups excluding carboxylic acids is 1. The van der Waals surface area contributed by atoms with E-state index in [-0.39, 0.29) is 18.7 Å². The Morgan fingerprint density at radius 1 is 1.45 bits per heavy atom. The highest BCUT2D eigenvalue weighted by Crippen LogP contribution is 2.24. The zero-order chi connectivity index (χ0) is 15.1. The first-order chi connectivity index (χ1) is 9.45. The van der Waals surface area contributed by atoms with Gasteiger partial charge in [0.05, 0.1) is 0 Å². The van der Waals surface area contributed by atoms with Gasteiger partial charge in [-0.15, -0.1) is 0 Å². The van der Waals surface area contributed by atoms with E-state index in [4.69, 9.17) is 5.11 Å². The average Bonchev–Trinajstić information content (AvgIpc) is 2.38. The van der Waals surface area contributed by atoms with Crippen molar-refractivity contribution in [3.05, 3.63) is 0 Å². The van der Waals surface area contributed by atoms with Gasteiger partial charge in [-0.1, -0.05) is 20.8 Å². The van der Waals surface area contributed by atoms with Gasteiger partial charge in [0.15, 0.2) is 0 Å². The second-order valence-electron chi connectivity index (χ2n) is 6.20. The third kappa shape index (κ3) is 5.52. The van der Waals surface area contributed by atoms with Crippen LogP contribution in [0.2, 0.25) is 0 Å². The van der Waals surface area contributed by atoms with E-state index in [2.05, 4.69) is 33.0 Å². The molecule has 2 amide bonds. The molecule has 5 heteroatoms. The summed E-state index contributed by atoms with van der Waals surface area (Å²) in [5.74, 6) is 1.98. The van der Waals surface area contributed by atoms with Gasteiger partial charge in [-0.3, -0.25) is 0 Å². The Morgan fingerprint density at radius 3 is 2.75 bits per heavy atom. The number of carbonyl (C=O) groups is 1. The molecule has 1 aliphatic rings. The van der Waals surface area contributed by atoms with Crippen LogP contribution in [0.4, 0.5) is 4.79 Å². The van der Waals surface area contributed by atoms with E-state index in [1.165, 1.54) is 0 Å². The number of nitrogens with one attached hydrogen (secondary N) is 1.